The number of benzene rings is 1. The highest BCUT2D eigenvalue weighted by molar-refractivity contribution is 5.66. The molecule has 0 aromatic heterocycles. The molecule has 1 rings (SSSR count). The van der Waals surface area contributed by atoms with E-state index in [1.807, 2.05) is 0 Å². The largest absolute Gasteiger partial charge is 0.423 e. The number of alkyl halides is 3. The number of para-hydroxylation sites is 1. The minimum atomic E-state index is -4.76. The van der Waals surface area contributed by atoms with Gasteiger partial charge in [0, 0.05) is 13.2 Å². The number of nitro benzene ring substituents is 1. The number of anilines is 1. The molecule has 0 fully saturated rings. The number of nitrogens with one attached hydrogen (secondary N) is 1. The number of nitro groups is 1. The molecule has 0 spiro atoms. The van der Waals surface area contributed by atoms with Crippen molar-refractivity contribution < 1.29 is 22.8 Å². The normalized spacial score (nSPS) is 11.4. The van der Waals surface area contributed by atoms with Gasteiger partial charge in [0.25, 0.3) is 0 Å². The van der Waals surface area contributed by atoms with Crippen molar-refractivity contribution in [1.29, 1.82) is 0 Å². The quantitative estimate of drug-likeness (QED) is 0.493. The van der Waals surface area contributed by atoms with Crippen LogP contribution < -0.4 is 5.32 Å². The minimum Gasteiger partial charge on any atom is -0.380 e. The van der Waals surface area contributed by atoms with Gasteiger partial charge in [-0.1, -0.05) is 6.07 Å². The van der Waals surface area contributed by atoms with E-state index in [0.717, 1.165) is 6.07 Å². The first-order chi connectivity index (χ1) is 8.88. The molecule has 0 aliphatic carbocycles. The SMILES string of the molecule is CCOCCNc1cccc(C(F)(F)F)c1[N+](=O)[O-]. The fourth-order valence-corrected chi connectivity index (χ4v) is 1.51. The predicted octanol–water partition coefficient (Wildman–Crippen LogP) is 3.06. The molecule has 1 aromatic rings. The maximum Gasteiger partial charge on any atom is 0.423 e. The smallest absolute Gasteiger partial charge is 0.380 e. The van der Waals surface area contributed by atoms with Crippen molar-refractivity contribution in [2.75, 3.05) is 25.1 Å². The Labute approximate surface area is 107 Å². The molecule has 19 heavy (non-hydrogen) atoms. The molecule has 0 atom stereocenters. The van der Waals surface area contributed by atoms with Gasteiger partial charge in [-0.3, -0.25) is 10.1 Å². The van der Waals surface area contributed by atoms with E-state index in [-0.39, 0.29) is 18.8 Å². The summed E-state index contributed by atoms with van der Waals surface area (Å²) < 4.78 is 43.0. The molecule has 0 amide bonds. The second-order valence-electron chi connectivity index (χ2n) is 3.58. The Hall–Kier alpha value is -1.83. The van der Waals surface area contributed by atoms with Gasteiger partial charge in [-0.2, -0.15) is 13.2 Å². The molecule has 1 N–H and O–H groups in total. The molecule has 0 unspecified atom stereocenters. The average Bonchev–Trinajstić information content (AvgIpc) is 2.33. The van der Waals surface area contributed by atoms with E-state index in [1.54, 1.807) is 6.92 Å². The Morgan fingerprint density at radius 1 is 1.42 bits per heavy atom. The lowest BCUT2D eigenvalue weighted by Gasteiger charge is -2.12. The third-order valence-electron chi connectivity index (χ3n) is 2.29. The van der Waals surface area contributed by atoms with Crippen LogP contribution in [0.3, 0.4) is 0 Å². The van der Waals surface area contributed by atoms with E-state index < -0.39 is 22.4 Å². The van der Waals surface area contributed by atoms with Gasteiger partial charge >= 0.3 is 11.9 Å². The first kappa shape index (κ1) is 15.2. The molecule has 0 aliphatic heterocycles. The van der Waals surface area contributed by atoms with Crippen molar-refractivity contribution in [2.24, 2.45) is 0 Å². The fraction of sp³-hybridized carbons (Fsp3) is 0.455. The zero-order chi connectivity index (χ0) is 14.5. The summed E-state index contributed by atoms with van der Waals surface area (Å²) in [4.78, 5) is 9.78. The van der Waals surface area contributed by atoms with E-state index in [1.165, 1.54) is 6.07 Å². The van der Waals surface area contributed by atoms with Gasteiger partial charge in [0.05, 0.1) is 11.5 Å². The molecule has 0 aliphatic rings. The summed E-state index contributed by atoms with van der Waals surface area (Å²) in [6, 6.07) is 3.05. The number of halogens is 3. The van der Waals surface area contributed by atoms with Crippen LogP contribution in [0.1, 0.15) is 12.5 Å². The molecule has 1 aromatic carbocycles. The van der Waals surface area contributed by atoms with Gasteiger partial charge in [0.2, 0.25) is 0 Å². The van der Waals surface area contributed by atoms with Crippen LogP contribution in [0.2, 0.25) is 0 Å². The molecule has 0 saturated heterocycles. The van der Waals surface area contributed by atoms with Crippen LogP contribution in [0.4, 0.5) is 24.5 Å². The van der Waals surface area contributed by atoms with Crippen molar-refractivity contribution in [1.82, 2.24) is 0 Å². The van der Waals surface area contributed by atoms with E-state index >= 15 is 0 Å². The van der Waals surface area contributed by atoms with Crippen molar-refractivity contribution >= 4 is 11.4 Å². The Kier molecular flexibility index (Phi) is 5.11. The van der Waals surface area contributed by atoms with E-state index in [0.29, 0.717) is 12.7 Å². The van der Waals surface area contributed by atoms with Gasteiger partial charge < -0.3 is 10.1 Å². The van der Waals surface area contributed by atoms with Crippen LogP contribution in [0.5, 0.6) is 0 Å². The lowest BCUT2D eigenvalue weighted by molar-refractivity contribution is -0.387. The zero-order valence-corrected chi connectivity index (χ0v) is 10.2. The Bertz CT molecular complexity index is 449. The summed E-state index contributed by atoms with van der Waals surface area (Å²) in [7, 11) is 0. The molecule has 0 saturated carbocycles. The number of ether oxygens (including phenoxy) is 1. The third-order valence-corrected chi connectivity index (χ3v) is 2.29. The van der Waals surface area contributed by atoms with Gasteiger partial charge in [-0.05, 0) is 19.1 Å². The lowest BCUT2D eigenvalue weighted by Crippen LogP contribution is -2.14. The van der Waals surface area contributed by atoms with E-state index in [2.05, 4.69) is 5.32 Å². The number of hydrogen-bond donors (Lipinski definition) is 1. The summed E-state index contributed by atoms with van der Waals surface area (Å²) in [5.74, 6) is 0. The predicted molar refractivity (Wildman–Crippen MR) is 63.1 cm³/mol. The van der Waals surface area contributed by atoms with Crippen molar-refractivity contribution in [3.63, 3.8) is 0 Å². The second kappa shape index (κ2) is 6.37. The van der Waals surface area contributed by atoms with Crippen molar-refractivity contribution in [2.45, 2.75) is 13.1 Å². The molecule has 0 bridgehead atoms. The number of hydrogen-bond acceptors (Lipinski definition) is 4. The van der Waals surface area contributed by atoms with Crippen LogP contribution in [-0.2, 0) is 10.9 Å². The highest BCUT2D eigenvalue weighted by Crippen LogP contribution is 2.39. The first-order valence-corrected chi connectivity index (χ1v) is 5.54. The van der Waals surface area contributed by atoms with Gasteiger partial charge in [0.1, 0.15) is 11.3 Å². The van der Waals surface area contributed by atoms with Crippen LogP contribution in [0, 0.1) is 10.1 Å². The highest BCUT2D eigenvalue weighted by Gasteiger charge is 2.39. The third kappa shape index (κ3) is 4.09. The van der Waals surface area contributed by atoms with Crippen LogP contribution >= 0.6 is 0 Å². The Balaban J connectivity index is 3.01. The number of nitrogens with zero attached hydrogens (tertiary/aromatic N) is 1. The van der Waals surface area contributed by atoms with E-state index in [9.17, 15) is 23.3 Å². The zero-order valence-electron chi connectivity index (χ0n) is 10.2. The summed E-state index contributed by atoms with van der Waals surface area (Å²) in [5, 5.41) is 13.4. The monoisotopic (exact) mass is 278 g/mol. The Morgan fingerprint density at radius 3 is 2.63 bits per heavy atom. The summed E-state index contributed by atoms with van der Waals surface area (Å²) in [6.45, 7) is 2.68. The Morgan fingerprint density at radius 2 is 2.11 bits per heavy atom. The van der Waals surface area contributed by atoms with Crippen molar-refractivity contribution in [3.05, 3.63) is 33.9 Å². The highest BCUT2D eigenvalue weighted by atomic mass is 19.4. The van der Waals surface area contributed by atoms with Crippen LogP contribution in [0.15, 0.2) is 18.2 Å². The van der Waals surface area contributed by atoms with Crippen LogP contribution in [0.25, 0.3) is 0 Å². The minimum absolute atomic E-state index is 0.167. The molecular formula is C11H13F3N2O3. The van der Waals surface area contributed by atoms with Crippen LogP contribution in [-0.4, -0.2) is 24.7 Å². The molecule has 8 heteroatoms. The van der Waals surface area contributed by atoms with Gasteiger partial charge in [-0.25, -0.2) is 0 Å². The van der Waals surface area contributed by atoms with Gasteiger partial charge in [0.15, 0.2) is 0 Å². The topological polar surface area (TPSA) is 64.4 Å². The average molecular weight is 278 g/mol. The molecular weight excluding hydrogens is 265 g/mol. The molecule has 0 heterocycles. The van der Waals surface area contributed by atoms with Gasteiger partial charge in [-0.15, -0.1) is 0 Å². The first-order valence-electron chi connectivity index (χ1n) is 5.54. The summed E-state index contributed by atoms with van der Waals surface area (Å²) in [5.41, 5.74) is -2.40. The molecule has 0 radical (unpaired) electrons. The molecule has 5 nitrogen and oxygen atoms in total. The fourth-order valence-electron chi connectivity index (χ4n) is 1.51. The van der Waals surface area contributed by atoms with Crippen molar-refractivity contribution in [3.8, 4) is 0 Å². The summed E-state index contributed by atoms with van der Waals surface area (Å²) >= 11 is 0. The summed E-state index contributed by atoms with van der Waals surface area (Å²) in [6.07, 6.45) is -4.76. The molecule has 106 valence electrons. The number of rotatable bonds is 6. The second-order valence-corrected chi connectivity index (χ2v) is 3.58. The standard InChI is InChI=1S/C11H13F3N2O3/c1-2-19-7-6-15-9-5-3-4-8(11(12,13)14)10(9)16(17)18/h3-5,15H,2,6-7H2,1H3. The lowest BCUT2D eigenvalue weighted by atomic mass is 10.1. The van der Waals surface area contributed by atoms with E-state index in [4.69, 9.17) is 4.74 Å². The maximum atomic E-state index is 12.7. The maximum absolute atomic E-state index is 12.7.